The van der Waals surface area contributed by atoms with Gasteiger partial charge in [0.2, 0.25) is 5.91 Å². The van der Waals surface area contributed by atoms with Gasteiger partial charge in [0.1, 0.15) is 17.8 Å². The summed E-state index contributed by atoms with van der Waals surface area (Å²) in [5.41, 5.74) is -0.430. The highest BCUT2D eigenvalue weighted by Crippen LogP contribution is 2.46. The Kier molecular flexibility index (Phi) is 5.37. The molecule has 152 valence electrons. The molecule has 28 heavy (non-hydrogen) atoms. The van der Waals surface area contributed by atoms with E-state index < -0.39 is 17.5 Å². The van der Waals surface area contributed by atoms with Gasteiger partial charge in [-0.05, 0) is 49.7 Å². The molecule has 1 aromatic rings. The SMILES string of the molecule is CCOc1ccccc1NC(=O)CN1C(=O)N[C@]2(C[C@@H](C)CC(C)(C)C2)C1=O. The Morgan fingerprint density at radius 3 is 2.68 bits per heavy atom. The maximum Gasteiger partial charge on any atom is 0.325 e. The molecule has 2 atom stereocenters. The van der Waals surface area contributed by atoms with E-state index in [1.807, 2.05) is 13.0 Å². The first kappa shape index (κ1) is 20.2. The van der Waals surface area contributed by atoms with E-state index in [0.717, 1.165) is 11.3 Å². The summed E-state index contributed by atoms with van der Waals surface area (Å²) in [6.45, 7) is 8.34. The van der Waals surface area contributed by atoms with Gasteiger partial charge < -0.3 is 15.4 Å². The van der Waals surface area contributed by atoms with Crippen LogP contribution in [-0.2, 0) is 9.59 Å². The van der Waals surface area contributed by atoms with Gasteiger partial charge in [-0.2, -0.15) is 0 Å². The maximum atomic E-state index is 13.1. The van der Waals surface area contributed by atoms with E-state index in [4.69, 9.17) is 4.74 Å². The lowest BCUT2D eigenvalue weighted by Gasteiger charge is -2.43. The van der Waals surface area contributed by atoms with Crippen LogP contribution in [0.4, 0.5) is 10.5 Å². The minimum Gasteiger partial charge on any atom is -0.492 e. The molecule has 3 rings (SSSR count). The van der Waals surface area contributed by atoms with Crippen LogP contribution in [0.25, 0.3) is 0 Å². The zero-order valence-corrected chi connectivity index (χ0v) is 17.0. The number of nitrogens with zero attached hydrogens (tertiary/aromatic N) is 1. The first-order valence-electron chi connectivity index (χ1n) is 9.81. The van der Waals surface area contributed by atoms with Crippen molar-refractivity contribution in [2.75, 3.05) is 18.5 Å². The number of para-hydroxylation sites is 2. The quantitative estimate of drug-likeness (QED) is 0.760. The molecular weight excluding hydrogens is 358 g/mol. The molecule has 1 saturated carbocycles. The summed E-state index contributed by atoms with van der Waals surface area (Å²) >= 11 is 0. The number of ether oxygens (including phenoxy) is 1. The second-order valence-electron chi connectivity index (χ2n) is 8.74. The van der Waals surface area contributed by atoms with Gasteiger partial charge in [-0.3, -0.25) is 14.5 Å². The highest BCUT2D eigenvalue weighted by atomic mass is 16.5. The van der Waals surface area contributed by atoms with Gasteiger partial charge in [0.05, 0.1) is 12.3 Å². The Hall–Kier alpha value is -2.57. The van der Waals surface area contributed by atoms with Crippen molar-refractivity contribution in [2.45, 2.75) is 52.5 Å². The predicted octanol–water partition coefficient (Wildman–Crippen LogP) is 3.16. The van der Waals surface area contributed by atoms with Gasteiger partial charge in [-0.1, -0.05) is 32.9 Å². The molecule has 1 aromatic carbocycles. The molecule has 2 N–H and O–H groups in total. The highest BCUT2D eigenvalue weighted by molar-refractivity contribution is 6.10. The third-order valence-electron chi connectivity index (χ3n) is 5.39. The smallest absolute Gasteiger partial charge is 0.325 e. The van der Waals surface area contributed by atoms with Crippen LogP contribution in [0.1, 0.15) is 47.0 Å². The average Bonchev–Trinajstić information content (AvgIpc) is 2.78. The van der Waals surface area contributed by atoms with Crippen molar-refractivity contribution in [1.29, 1.82) is 0 Å². The first-order valence-corrected chi connectivity index (χ1v) is 9.81. The molecule has 7 heteroatoms. The molecule has 1 aliphatic heterocycles. The first-order chi connectivity index (χ1) is 13.2. The molecule has 1 saturated heterocycles. The van der Waals surface area contributed by atoms with Crippen molar-refractivity contribution in [3.63, 3.8) is 0 Å². The molecule has 0 aromatic heterocycles. The molecule has 2 aliphatic rings. The van der Waals surface area contributed by atoms with Crippen LogP contribution in [0.3, 0.4) is 0 Å². The molecule has 0 bridgehead atoms. The maximum absolute atomic E-state index is 13.1. The molecule has 2 fully saturated rings. The number of benzene rings is 1. The topological polar surface area (TPSA) is 87.7 Å². The number of imide groups is 1. The number of carbonyl (C=O) groups is 3. The Morgan fingerprint density at radius 1 is 1.29 bits per heavy atom. The lowest BCUT2D eigenvalue weighted by molar-refractivity contribution is -0.136. The number of urea groups is 1. The van der Waals surface area contributed by atoms with Crippen LogP contribution in [-0.4, -0.2) is 41.4 Å². The molecule has 0 radical (unpaired) electrons. The number of hydrogen-bond acceptors (Lipinski definition) is 4. The fourth-order valence-corrected chi connectivity index (χ4v) is 4.83. The Morgan fingerprint density at radius 2 is 2.00 bits per heavy atom. The lowest BCUT2D eigenvalue weighted by Crippen LogP contribution is -2.54. The monoisotopic (exact) mass is 387 g/mol. The van der Waals surface area contributed by atoms with E-state index in [0.29, 0.717) is 36.8 Å². The average molecular weight is 387 g/mol. The van der Waals surface area contributed by atoms with Crippen molar-refractivity contribution in [1.82, 2.24) is 10.2 Å². The minimum atomic E-state index is -0.901. The number of hydrogen-bond donors (Lipinski definition) is 2. The lowest BCUT2D eigenvalue weighted by atomic mass is 9.64. The Bertz CT molecular complexity index is 792. The van der Waals surface area contributed by atoms with Gasteiger partial charge >= 0.3 is 6.03 Å². The van der Waals surface area contributed by atoms with Gasteiger partial charge in [-0.25, -0.2) is 4.79 Å². The number of anilines is 1. The summed E-state index contributed by atoms with van der Waals surface area (Å²) in [5.74, 6) is 0.135. The van der Waals surface area contributed by atoms with Crippen molar-refractivity contribution >= 4 is 23.5 Å². The zero-order chi connectivity index (χ0) is 20.5. The van der Waals surface area contributed by atoms with Gasteiger partial charge in [0.25, 0.3) is 5.91 Å². The molecule has 4 amide bonds. The summed E-state index contributed by atoms with van der Waals surface area (Å²) in [4.78, 5) is 39.2. The predicted molar refractivity (Wildman–Crippen MR) is 106 cm³/mol. The normalized spacial score (nSPS) is 26.3. The summed E-state index contributed by atoms with van der Waals surface area (Å²) < 4.78 is 5.50. The van der Waals surface area contributed by atoms with E-state index in [1.54, 1.807) is 18.2 Å². The summed E-state index contributed by atoms with van der Waals surface area (Å²) in [6, 6.07) is 6.58. The second-order valence-corrected chi connectivity index (χ2v) is 8.74. The fraction of sp³-hybridized carbons (Fsp3) is 0.571. The van der Waals surface area contributed by atoms with E-state index >= 15 is 0 Å². The van der Waals surface area contributed by atoms with Crippen LogP contribution >= 0.6 is 0 Å². The Balaban J connectivity index is 1.72. The third-order valence-corrected chi connectivity index (χ3v) is 5.39. The van der Waals surface area contributed by atoms with Gasteiger partial charge in [0, 0.05) is 0 Å². The summed E-state index contributed by atoms with van der Waals surface area (Å²) in [5, 5.41) is 5.63. The van der Waals surface area contributed by atoms with Crippen molar-refractivity contribution < 1.29 is 19.1 Å². The zero-order valence-electron chi connectivity index (χ0n) is 17.0. The number of rotatable bonds is 5. The molecule has 1 heterocycles. The standard InChI is InChI=1S/C21H29N3O4/c1-5-28-16-9-7-6-8-15(16)22-17(25)12-24-18(26)21(23-19(24)27)11-14(2)10-20(3,4)13-21/h6-9,14H,5,10-13H2,1-4H3,(H,22,25)(H,23,27)/t14-,21-/m0/s1. The number of nitrogens with one attached hydrogen (secondary N) is 2. The van der Waals surface area contributed by atoms with Crippen LogP contribution < -0.4 is 15.4 Å². The van der Waals surface area contributed by atoms with Crippen molar-refractivity contribution in [3.8, 4) is 5.75 Å². The minimum absolute atomic E-state index is 0.0463. The van der Waals surface area contributed by atoms with E-state index in [-0.39, 0.29) is 17.9 Å². The van der Waals surface area contributed by atoms with Gasteiger partial charge in [0.15, 0.2) is 0 Å². The van der Waals surface area contributed by atoms with Crippen molar-refractivity contribution in [3.05, 3.63) is 24.3 Å². The largest absolute Gasteiger partial charge is 0.492 e. The van der Waals surface area contributed by atoms with E-state index in [2.05, 4.69) is 31.4 Å². The Labute approximate surface area is 165 Å². The third kappa shape index (κ3) is 3.98. The van der Waals surface area contributed by atoms with Crippen LogP contribution in [0, 0.1) is 11.3 Å². The highest BCUT2D eigenvalue weighted by Gasteiger charge is 2.56. The molecule has 0 unspecified atom stereocenters. The second kappa shape index (κ2) is 7.45. The summed E-state index contributed by atoms with van der Waals surface area (Å²) in [6.07, 6.45) is 2.19. The van der Waals surface area contributed by atoms with Crippen LogP contribution in [0.5, 0.6) is 5.75 Å². The fourth-order valence-electron chi connectivity index (χ4n) is 4.83. The van der Waals surface area contributed by atoms with E-state index in [1.165, 1.54) is 0 Å². The van der Waals surface area contributed by atoms with Gasteiger partial charge in [-0.15, -0.1) is 0 Å². The molecule has 7 nitrogen and oxygen atoms in total. The van der Waals surface area contributed by atoms with E-state index in [9.17, 15) is 14.4 Å². The molecular formula is C21H29N3O4. The molecule has 1 aliphatic carbocycles. The molecule has 1 spiro atoms. The van der Waals surface area contributed by atoms with Crippen LogP contribution in [0.15, 0.2) is 24.3 Å². The number of amides is 4. The number of carbonyl (C=O) groups excluding carboxylic acids is 3. The summed E-state index contributed by atoms with van der Waals surface area (Å²) in [7, 11) is 0. The van der Waals surface area contributed by atoms with Crippen LogP contribution in [0.2, 0.25) is 0 Å². The van der Waals surface area contributed by atoms with Crippen molar-refractivity contribution in [2.24, 2.45) is 11.3 Å².